The third-order valence-corrected chi connectivity index (χ3v) is 5.28. The highest BCUT2D eigenvalue weighted by molar-refractivity contribution is 5.87. The highest BCUT2D eigenvalue weighted by atomic mass is 16.5. The zero-order valence-corrected chi connectivity index (χ0v) is 15.2. The van der Waals surface area contributed by atoms with Gasteiger partial charge in [0.05, 0.1) is 12.6 Å². The molecule has 1 saturated heterocycles. The fourth-order valence-corrected chi connectivity index (χ4v) is 4.17. The van der Waals surface area contributed by atoms with Gasteiger partial charge < -0.3 is 14.7 Å². The molecule has 1 heterocycles. The summed E-state index contributed by atoms with van der Waals surface area (Å²) in [6, 6.07) is -1.03. The number of nitrogens with zero attached hydrogens (tertiary/aromatic N) is 1. The second-order valence-corrected chi connectivity index (χ2v) is 7.01. The van der Waals surface area contributed by atoms with Crippen LogP contribution in [0.25, 0.3) is 0 Å². The summed E-state index contributed by atoms with van der Waals surface area (Å²) in [6.07, 6.45) is 5.85. The van der Waals surface area contributed by atoms with Crippen LogP contribution in [-0.4, -0.2) is 59.1 Å². The summed E-state index contributed by atoms with van der Waals surface area (Å²) < 4.78 is 5.11. The third kappa shape index (κ3) is 4.93. The molecule has 1 amide bonds. The van der Waals surface area contributed by atoms with E-state index in [9.17, 15) is 19.5 Å². The van der Waals surface area contributed by atoms with Crippen LogP contribution >= 0.6 is 0 Å². The summed E-state index contributed by atoms with van der Waals surface area (Å²) in [5, 5.41) is 12.4. The Labute approximate surface area is 149 Å². The van der Waals surface area contributed by atoms with Crippen molar-refractivity contribution in [1.82, 2.24) is 10.2 Å². The molecule has 2 fully saturated rings. The molecule has 1 saturated carbocycles. The molecular formula is C18H30N2O5. The van der Waals surface area contributed by atoms with Crippen LogP contribution in [0.3, 0.4) is 0 Å². The molecule has 2 rings (SSSR count). The summed E-state index contributed by atoms with van der Waals surface area (Å²) in [5.74, 6) is -1.16. The van der Waals surface area contributed by atoms with E-state index in [0.29, 0.717) is 25.4 Å². The summed E-state index contributed by atoms with van der Waals surface area (Å²) >= 11 is 0. The van der Waals surface area contributed by atoms with Crippen LogP contribution in [0.1, 0.15) is 58.8 Å². The van der Waals surface area contributed by atoms with Gasteiger partial charge in [-0.05, 0) is 44.9 Å². The van der Waals surface area contributed by atoms with E-state index in [0.717, 1.165) is 32.1 Å². The van der Waals surface area contributed by atoms with Crippen molar-refractivity contribution in [2.45, 2.75) is 76.9 Å². The molecule has 0 bridgehead atoms. The molecule has 25 heavy (non-hydrogen) atoms. The van der Waals surface area contributed by atoms with Crippen LogP contribution in [0.2, 0.25) is 0 Å². The SMILES string of the molecule is CCC[C@H](N[C@H]1CC[C@@H]2CCC[C@H]2N(CC(=O)O)C1=O)C(=O)OCC. The zero-order valence-electron chi connectivity index (χ0n) is 15.2. The number of amides is 1. The van der Waals surface area contributed by atoms with Crippen LogP contribution in [0.15, 0.2) is 0 Å². The number of hydrogen-bond acceptors (Lipinski definition) is 5. The number of ether oxygens (including phenoxy) is 1. The van der Waals surface area contributed by atoms with Gasteiger partial charge in [-0.15, -0.1) is 0 Å². The molecule has 1 aliphatic carbocycles. The number of carboxylic acid groups (broad SMARTS) is 1. The molecule has 0 radical (unpaired) electrons. The van der Waals surface area contributed by atoms with E-state index in [1.807, 2.05) is 6.92 Å². The van der Waals surface area contributed by atoms with Crippen molar-refractivity contribution in [3.05, 3.63) is 0 Å². The lowest BCUT2D eigenvalue weighted by atomic mass is 9.97. The fourth-order valence-electron chi connectivity index (χ4n) is 4.17. The number of carbonyl (C=O) groups excluding carboxylic acids is 2. The van der Waals surface area contributed by atoms with Crippen LogP contribution in [0.5, 0.6) is 0 Å². The Kier molecular flexibility index (Phi) is 7.23. The third-order valence-electron chi connectivity index (χ3n) is 5.28. The first-order chi connectivity index (χ1) is 12.0. The van der Waals surface area contributed by atoms with E-state index in [1.165, 1.54) is 4.90 Å². The zero-order chi connectivity index (χ0) is 18.4. The van der Waals surface area contributed by atoms with Crippen molar-refractivity contribution in [2.75, 3.05) is 13.2 Å². The first-order valence-electron chi connectivity index (χ1n) is 9.42. The normalized spacial score (nSPS) is 27.5. The Hall–Kier alpha value is -1.63. The van der Waals surface area contributed by atoms with Gasteiger partial charge in [-0.25, -0.2) is 0 Å². The number of nitrogens with one attached hydrogen (secondary N) is 1. The second-order valence-electron chi connectivity index (χ2n) is 7.01. The second kappa shape index (κ2) is 9.17. The Bertz CT molecular complexity index is 496. The minimum atomic E-state index is -0.991. The maximum atomic E-state index is 13.0. The molecule has 7 nitrogen and oxygen atoms in total. The highest BCUT2D eigenvalue weighted by Gasteiger charge is 2.42. The first-order valence-corrected chi connectivity index (χ1v) is 9.42. The molecule has 0 aromatic carbocycles. The van der Waals surface area contributed by atoms with Crippen molar-refractivity contribution in [1.29, 1.82) is 0 Å². The lowest BCUT2D eigenvalue weighted by Gasteiger charge is -2.31. The Balaban J connectivity index is 2.14. The van der Waals surface area contributed by atoms with E-state index in [4.69, 9.17) is 4.74 Å². The van der Waals surface area contributed by atoms with Gasteiger partial charge in [0.1, 0.15) is 12.6 Å². The molecule has 2 N–H and O–H groups in total. The van der Waals surface area contributed by atoms with Crippen LogP contribution in [0.4, 0.5) is 0 Å². The van der Waals surface area contributed by atoms with E-state index in [2.05, 4.69) is 5.32 Å². The Morgan fingerprint density at radius 1 is 1.28 bits per heavy atom. The number of esters is 1. The van der Waals surface area contributed by atoms with Crippen LogP contribution in [0, 0.1) is 5.92 Å². The molecular weight excluding hydrogens is 324 g/mol. The van der Waals surface area contributed by atoms with Crippen LogP contribution in [-0.2, 0) is 19.1 Å². The Morgan fingerprint density at radius 3 is 2.68 bits per heavy atom. The Morgan fingerprint density at radius 2 is 2.04 bits per heavy atom. The molecule has 2 aliphatic rings. The predicted molar refractivity (Wildman–Crippen MR) is 92.0 cm³/mol. The largest absolute Gasteiger partial charge is 0.480 e. The number of hydrogen-bond donors (Lipinski definition) is 2. The lowest BCUT2D eigenvalue weighted by molar-refractivity contribution is -0.149. The van der Waals surface area contributed by atoms with E-state index >= 15 is 0 Å². The van der Waals surface area contributed by atoms with E-state index in [1.54, 1.807) is 6.92 Å². The molecule has 7 heteroatoms. The average Bonchev–Trinajstić information content (AvgIpc) is 2.99. The molecule has 0 unspecified atom stereocenters. The van der Waals surface area contributed by atoms with Gasteiger partial charge in [-0.1, -0.05) is 19.8 Å². The van der Waals surface area contributed by atoms with Gasteiger partial charge in [-0.3, -0.25) is 19.7 Å². The topological polar surface area (TPSA) is 95.9 Å². The van der Waals surface area contributed by atoms with Crippen molar-refractivity contribution in [3.63, 3.8) is 0 Å². The quantitative estimate of drug-likeness (QED) is 0.642. The molecule has 0 aromatic heterocycles. The summed E-state index contributed by atoms with van der Waals surface area (Å²) in [6.45, 7) is 3.77. The number of aliphatic carboxylic acids is 1. The van der Waals surface area contributed by atoms with Crippen LogP contribution < -0.4 is 5.32 Å². The number of carbonyl (C=O) groups is 3. The number of carboxylic acids is 1. The maximum absolute atomic E-state index is 13.0. The number of fused-ring (bicyclic) bond motifs is 1. The monoisotopic (exact) mass is 354 g/mol. The van der Waals surface area contributed by atoms with Crippen molar-refractivity contribution in [3.8, 4) is 0 Å². The molecule has 1 aliphatic heterocycles. The smallest absolute Gasteiger partial charge is 0.323 e. The van der Waals surface area contributed by atoms with Gasteiger partial charge >= 0.3 is 11.9 Å². The van der Waals surface area contributed by atoms with E-state index < -0.39 is 18.1 Å². The van der Waals surface area contributed by atoms with Gasteiger partial charge in [0.15, 0.2) is 0 Å². The highest BCUT2D eigenvalue weighted by Crippen LogP contribution is 2.36. The van der Waals surface area contributed by atoms with Crippen molar-refractivity contribution in [2.24, 2.45) is 5.92 Å². The predicted octanol–water partition coefficient (Wildman–Crippen LogP) is 1.55. The summed E-state index contributed by atoms with van der Waals surface area (Å²) in [5.41, 5.74) is 0. The van der Waals surface area contributed by atoms with Gasteiger partial charge in [-0.2, -0.15) is 0 Å². The maximum Gasteiger partial charge on any atom is 0.323 e. The number of likely N-dealkylation sites (tertiary alicyclic amines) is 1. The molecule has 0 aromatic rings. The lowest BCUT2D eigenvalue weighted by Crippen LogP contribution is -2.54. The van der Waals surface area contributed by atoms with Crippen molar-refractivity contribution < 1.29 is 24.2 Å². The minimum absolute atomic E-state index is 0.0163. The average molecular weight is 354 g/mol. The first kappa shape index (κ1) is 19.7. The van der Waals surface area contributed by atoms with Gasteiger partial charge in [0, 0.05) is 6.04 Å². The molecule has 142 valence electrons. The molecule has 0 spiro atoms. The summed E-state index contributed by atoms with van der Waals surface area (Å²) in [7, 11) is 0. The van der Waals surface area contributed by atoms with Crippen molar-refractivity contribution >= 4 is 17.8 Å². The standard InChI is InChI=1S/C18H30N2O5/c1-3-6-14(18(24)25-4-2)19-13-10-9-12-7-5-8-15(12)20(17(13)23)11-16(21)22/h12-15,19H,3-11H2,1-2H3,(H,21,22)/t12-,13-,14-,15+/m0/s1. The molecule has 4 atom stereocenters. The van der Waals surface area contributed by atoms with Gasteiger partial charge in [0.25, 0.3) is 0 Å². The minimum Gasteiger partial charge on any atom is -0.480 e. The summed E-state index contributed by atoms with van der Waals surface area (Å²) in [4.78, 5) is 37.9. The fraction of sp³-hybridized carbons (Fsp3) is 0.833. The van der Waals surface area contributed by atoms with E-state index in [-0.39, 0.29) is 24.5 Å². The number of rotatable bonds is 8. The van der Waals surface area contributed by atoms with Gasteiger partial charge in [0.2, 0.25) is 5.91 Å².